The minimum absolute atomic E-state index is 0.0577. The molecular formula is C15H11ClF3N3S. The van der Waals surface area contributed by atoms with Crippen LogP contribution in [0.3, 0.4) is 0 Å². The number of halogens is 4. The van der Waals surface area contributed by atoms with Crippen LogP contribution in [0.4, 0.5) is 13.2 Å². The maximum atomic E-state index is 12.6. The molecular weight excluding hydrogens is 347 g/mol. The van der Waals surface area contributed by atoms with Gasteiger partial charge >= 0.3 is 6.18 Å². The molecule has 3 nitrogen and oxygen atoms in total. The van der Waals surface area contributed by atoms with E-state index >= 15 is 0 Å². The van der Waals surface area contributed by atoms with Gasteiger partial charge in [0, 0.05) is 6.20 Å². The molecule has 1 N–H and O–H groups in total. The number of fused-ring (bicyclic) bond motifs is 1. The lowest BCUT2D eigenvalue weighted by Crippen LogP contribution is -2.05. The van der Waals surface area contributed by atoms with Crippen molar-refractivity contribution in [1.29, 1.82) is 0 Å². The molecule has 0 unspecified atom stereocenters. The first-order valence-corrected chi connectivity index (χ1v) is 7.81. The number of alkyl halides is 3. The summed E-state index contributed by atoms with van der Waals surface area (Å²) in [7, 11) is 0. The van der Waals surface area contributed by atoms with Crippen LogP contribution in [-0.2, 0) is 6.18 Å². The summed E-state index contributed by atoms with van der Waals surface area (Å²) in [6.45, 7) is 3.99. The second kappa shape index (κ2) is 5.72. The smallest absolute Gasteiger partial charge is 0.333 e. The van der Waals surface area contributed by atoms with Crippen LogP contribution in [0.25, 0.3) is 11.0 Å². The Morgan fingerprint density at radius 2 is 1.83 bits per heavy atom. The van der Waals surface area contributed by atoms with Crippen LogP contribution in [0.2, 0.25) is 5.02 Å². The Labute approximate surface area is 139 Å². The predicted molar refractivity (Wildman–Crippen MR) is 83.9 cm³/mol. The molecule has 2 heterocycles. The van der Waals surface area contributed by atoms with E-state index in [1.54, 1.807) is 0 Å². The highest BCUT2D eigenvalue weighted by Gasteiger charge is 2.31. The number of nitrogens with one attached hydrogen (secondary N) is 1. The number of hydrogen-bond acceptors (Lipinski definition) is 3. The van der Waals surface area contributed by atoms with Crippen molar-refractivity contribution >= 4 is 34.4 Å². The molecule has 0 amide bonds. The molecule has 0 aliphatic heterocycles. The molecule has 0 saturated heterocycles. The quantitative estimate of drug-likeness (QED) is 0.667. The Kier molecular flexibility index (Phi) is 4.01. The van der Waals surface area contributed by atoms with Crippen molar-refractivity contribution < 1.29 is 13.2 Å². The lowest BCUT2D eigenvalue weighted by Gasteiger charge is -2.07. The monoisotopic (exact) mass is 357 g/mol. The highest BCUT2D eigenvalue weighted by Crippen LogP contribution is 2.36. The molecule has 0 bridgehead atoms. The Bertz CT molecular complexity index is 851. The molecule has 0 saturated carbocycles. The summed E-state index contributed by atoms with van der Waals surface area (Å²) in [6.07, 6.45) is -3.70. The van der Waals surface area contributed by atoms with Crippen LogP contribution in [0.15, 0.2) is 34.6 Å². The standard InChI is InChI=1S/C15H11ClF3N3S/c1-7-3-11-12(4-8(7)2)22-14(21-11)23-13-10(16)5-9(6-20-13)15(17,18)19/h3-6H,1-2H3,(H,21,22). The minimum Gasteiger partial charge on any atom is -0.333 e. The van der Waals surface area contributed by atoms with E-state index in [0.29, 0.717) is 5.16 Å². The summed E-state index contributed by atoms with van der Waals surface area (Å²) in [6, 6.07) is 4.80. The Hall–Kier alpha value is -1.73. The number of aromatic amines is 1. The zero-order valence-corrected chi connectivity index (χ0v) is 13.7. The highest BCUT2D eigenvalue weighted by atomic mass is 35.5. The van der Waals surface area contributed by atoms with Crippen LogP contribution < -0.4 is 0 Å². The van der Waals surface area contributed by atoms with Crippen LogP contribution in [0.5, 0.6) is 0 Å². The SMILES string of the molecule is Cc1cc2nc(Sc3ncc(C(F)(F)F)cc3Cl)[nH]c2cc1C. The van der Waals surface area contributed by atoms with Crippen LogP contribution in [0.1, 0.15) is 16.7 Å². The summed E-state index contributed by atoms with van der Waals surface area (Å²) < 4.78 is 37.9. The van der Waals surface area contributed by atoms with Crippen molar-refractivity contribution in [1.82, 2.24) is 15.0 Å². The van der Waals surface area contributed by atoms with Crippen molar-refractivity contribution in [3.05, 3.63) is 46.1 Å². The highest BCUT2D eigenvalue weighted by molar-refractivity contribution is 7.99. The first kappa shape index (κ1) is 16.1. The van der Waals surface area contributed by atoms with Gasteiger partial charge < -0.3 is 4.98 Å². The first-order chi connectivity index (χ1) is 10.7. The van der Waals surface area contributed by atoms with Gasteiger partial charge in [-0.05, 0) is 54.9 Å². The second-order valence-corrected chi connectivity index (χ2v) is 6.49. The summed E-state index contributed by atoms with van der Waals surface area (Å²) >= 11 is 7.00. The van der Waals surface area contributed by atoms with Gasteiger partial charge in [-0.1, -0.05) is 11.6 Å². The molecule has 0 aliphatic rings. The topological polar surface area (TPSA) is 41.6 Å². The number of rotatable bonds is 2. The largest absolute Gasteiger partial charge is 0.417 e. The van der Waals surface area contributed by atoms with Gasteiger partial charge in [0.2, 0.25) is 0 Å². The maximum absolute atomic E-state index is 12.6. The van der Waals surface area contributed by atoms with Crippen molar-refractivity contribution in [3.8, 4) is 0 Å². The predicted octanol–water partition coefficient (Wildman–Crippen LogP) is 5.40. The number of pyridine rings is 1. The molecule has 120 valence electrons. The Morgan fingerprint density at radius 1 is 1.13 bits per heavy atom. The second-order valence-electron chi connectivity index (χ2n) is 5.11. The van der Waals surface area contributed by atoms with E-state index in [1.807, 2.05) is 26.0 Å². The number of aromatic nitrogens is 3. The molecule has 8 heteroatoms. The molecule has 3 rings (SSSR count). The van der Waals surface area contributed by atoms with E-state index < -0.39 is 11.7 Å². The van der Waals surface area contributed by atoms with Gasteiger partial charge in [0.1, 0.15) is 5.03 Å². The number of benzene rings is 1. The third-order valence-electron chi connectivity index (χ3n) is 3.40. The fourth-order valence-corrected chi connectivity index (χ4v) is 3.07. The zero-order chi connectivity index (χ0) is 16.8. The zero-order valence-electron chi connectivity index (χ0n) is 12.1. The van der Waals surface area contributed by atoms with E-state index in [2.05, 4.69) is 15.0 Å². The lowest BCUT2D eigenvalue weighted by atomic mass is 10.1. The Morgan fingerprint density at radius 3 is 2.48 bits per heavy atom. The average Bonchev–Trinajstić information content (AvgIpc) is 2.82. The van der Waals surface area contributed by atoms with Crippen LogP contribution >= 0.6 is 23.4 Å². The molecule has 0 radical (unpaired) electrons. The summed E-state index contributed by atoms with van der Waals surface area (Å²) in [5.41, 5.74) is 3.02. The summed E-state index contributed by atoms with van der Waals surface area (Å²) in [5, 5.41) is 0.740. The van der Waals surface area contributed by atoms with Crippen molar-refractivity contribution in [2.45, 2.75) is 30.2 Å². The number of nitrogens with zero attached hydrogens (tertiary/aromatic N) is 2. The first-order valence-electron chi connectivity index (χ1n) is 6.61. The molecule has 3 aromatic rings. The van der Waals surface area contributed by atoms with Gasteiger partial charge in [0.15, 0.2) is 5.16 Å². The van der Waals surface area contributed by atoms with E-state index in [4.69, 9.17) is 11.6 Å². The number of aryl methyl sites for hydroxylation is 2. The van der Waals surface area contributed by atoms with Gasteiger partial charge in [-0.25, -0.2) is 9.97 Å². The Balaban J connectivity index is 1.93. The van der Waals surface area contributed by atoms with Gasteiger partial charge in [-0.2, -0.15) is 13.2 Å². The fraction of sp³-hybridized carbons (Fsp3) is 0.200. The van der Waals surface area contributed by atoms with E-state index in [9.17, 15) is 13.2 Å². The third-order valence-corrected chi connectivity index (χ3v) is 4.71. The van der Waals surface area contributed by atoms with Gasteiger partial charge in [-0.3, -0.25) is 0 Å². The van der Waals surface area contributed by atoms with Gasteiger partial charge in [0.25, 0.3) is 0 Å². The minimum atomic E-state index is -4.46. The molecule has 1 aromatic carbocycles. The van der Waals surface area contributed by atoms with Crippen LogP contribution in [0, 0.1) is 13.8 Å². The van der Waals surface area contributed by atoms with Crippen molar-refractivity contribution in [2.24, 2.45) is 0 Å². The molecule has 0 atom stereocenters. The van der Waals surface area contributed by atoms with E-state index in [-0.39, 0.29) is 10.0 Å². The molecule has 0 fully saturated rings. The average molecular weight is 358 g/mol. The van der Waals surface area contributed by atoms with Crippen LogP contribution in [-0.4, -0.2) is 15.0 Å². The number of hydrogen-bond donors (Lipinski definition) is 1. The number of H-pyrrole nitrogens is 1. The van der Waals surface area contributed by atoms with Gasteiger partial charge in [0.05, 0.1) is 21.6 Å². The molecule has 23 heavy (non-hydrogen) atoms. The van der Waals surface area contributed by atoms with Crippen molar-refractivity contribution in [2.75, 3.05) is 0 Å². The number of imidazole rings is 1. The lowest BCUT2D eigenvalue weighted by molar-refractivity contribution is -0.137. The molecule has 0 aliphatic carbocycles. The summed E-state index contributed by atoms with van der Waals surface area (Å²) in [4.78, 5) is 11.3. The molecule has 2 aromatic heterocycles. The van der Waals surface area contributed by atoms with E-state index in [1.165, 1.54) is 0 Å². The fourth-order valence-electron chi connectivity index (χ4n) is 2.04. The maximum Gasteiger partial charge on any atom is 0.417 e. The van der Waals surface area contributed by atoms with Gasteiger partial charge in [-0.15, -0.1) is 0 Å². The van der Waals surface area contributed by atoms with Crippen molar-refractivity contribution in [3.63, 3.8) is 0 Å². The summed E-state index contributed by atoms with van der Waals surface area (Å²) in [5.74, 6) is 0. The molecule has 0 spiro atoms. The van der Waals surface area contributed by atoms with E-state index in [0.717, 1.165) is 46.2 Å². The third kappa shape index (κ3) is 3.30. The normalized spacial score (nSPS) is 12.1.